The van der Waals surface area contributed by atoms with Gasteiger partial charge in [0.05, 0.1) is 16.1 Å². The van der Waals surface area contributed by atoms with Crippen LogP contribution in [-0.2, 0) is 16.0 Å². The first kappa shape index (κ1) is 31.4. The van der Waals surface area contributed by atoms with Crippen LogP contribution in [0.25, 0.3) is 0 Å². The van der Waals surface area contributed by atoms with Gasteiger partial charge in [0.1, 0.15) is 16.8 Å². The van der Waals surface area contributed by atoms with Gasteiger partial charge in [0, 0.05) is 56.7 Å². The Morgan fingerprint density at radius 2 is 1.51 bits per heavy atom. The largest absolute Gasteiger partial charge is 0.367 e. The van der Waals surface area contributed by atoms with Crippen molar-refractivity contribution in [2.24, 2.45) is 0 Å². The van der Waals surface area contributed by atoms with Crippen LogP contribution < -0.4 is 9.80 Å². The number of Topliss-reactive ketones (excluding diaryl/α,β-unsaturated/α-hetero) is 1. The smallest absolute Gasteiger partial charge is 0.253 e. The molecule has 10 heteroatoms. The van der Waals surface area contributed by atoms with Gasteiger partial charge in [0.15, 0.2) is 5.16 Å². The van der Waals surface area contributed by atoms with Gasteiger partial charge in [0.2, 0.25) is 0 Å². The number of amides is 1. The molecule has 1 aromatic heterocycles. The number of rotatable bonds is 8. The maximum Gasteiger partial charge on any atom is 0.253 e. The highest BCUT2D eigenvalue weighted by Gasteiger charge is 2.40. The van der Waals surface area contributed by atoms with Crippen molar-refractivity contribution in [2.45, 2.75) is 36.1 Å². The normalized spacial score (nSPS) is 16.5. The number of hydrogen-bond donors (Lipinski definition) is 0. The number of halogens is 2. The van der Waals surface area contributed by atoms with Crippen LogP contribution in [-0.4, -0.2) is 65.8 Å². The molecule has 1 amide bonds. The number of anilines is 2. The summed E-state index contributed by atoms with van der Waals surface area (Å²) >= 11 is 14.3. The highest BCUT2D eigenvalue weighted by molar-refractivity contribution is 7.98. The molecule has 0 unspecified atom stereocenters. The molecule has 0 spiro atoms. The molecule has 4 aromatic rings. The quantitative estimate of drug-likeness (QED) is 0.113. The van der Waals surface area contributed by atoms with Gasteiger partial charge in [-0.3, -0.25) is 9.59 Å². The number of carbonyl (C=O) groups excluding carboxylic acids is 2. The van der Waals surface area contributed by atoms with Gasteiger partial charge >= 0.3 is 0 Å². The lowest BCUT2D eigenvalue weighted by atomic mass is 9.70. The van der Waals surface area contributed by atoms with Gasteiger partial charge in [-0.1, -0.05) is 89.6 Å². The Kier molecular flexibility index (Phi) is 9.64. The van der Waals surface area contributed by atoms with E-state index in [1.54, 1.807) is 13.0 Å². The third kappa shape index (κ3) is 6.98. The minimum atomic E-state index is -0.474. The number of piperidine rings is 1. The number of para-hydroxylation sites is 1. The van der Waals surface area contributed by atoms with Crippen molar-refractivity contribution in [3.63, 3.8) is 0 Å². The zero-order valence-electron chi connectivity index (χ0n) is 25.2. The van der Waals surface area contributed by atoms with Gasteiger partial charge in [-0.25, -0.2) is 9.97 Å². The number of thioether (sulfide) groups is 1. The van der Waals surface area contributed by atoms with Crippen LogP contribution in [0.4, 0.5) is 11.5 Å². The van der Waals surface area contributed by atoms with Crippen LogP contribution in [0, 0.1) is 0 Å². The summed E-state index contributed by atoms with van der Waals surface area (Å²) in [7, 11) is 0. The molecular formula is C35H35Cl2N5O2S. The second kappa shape index (κ2) is 13.8. The summed E-state index contributed by atoms with van der Waals surface area (Å²) in [5.74, 6) is 1.60. The van der Waals surface area contributed by atoms with Crippen molar-refractivity contribution < 1.29 is 9.59 Å². The number of carbonyl (C=O) groups is 2. The maximum absolute atomic E-state index is 13.4. The molecule has 232 valence electrons. The maximum atomic E-state index is 13.4. The van der Waals surface area contributed by atoms with Crippen molar-refractivity contribution in [3.8, 4) is 0 Å². The Hall–Kier alpha value is -3.59. The lowest BCUT2D eigenvalue weighted by Gasteiger charge is -2.41. The number of hydrogen-bond acceptors (Lipinski definition) is 7. The van der Waals surface area contributed by atoms with Gasteiger partial charge < -0.3 is 14.7 Å². The van der Waals surface area contributed by atoms with E-state index in [1.807, 2.05) is 71.6 Å². The molecule has 2 aliphatic heterocycles. The van der Waals surface area contributed by atoms with Crippen LogP contribution in [0.2, 0.25) is 10.2 Å². The second-order valence-corrected chi connectivity index (χ2v) is 13.3. The minimum Gasteiger partial charge on any atom is -0.367 e. The van der Waals surface area contributed by atoms with Crippen LogP contribution in [0.15, 0.2) is 90.1 Å². The number of aromatic nitrogens is 2. The average Bonchev–Trinajstić information content (AvgIpc) is 3.07. The molecule has 0 bridgehead atoms. The zero-order chi connectivity index (χ0) is 31.4. The van der Waals surface area contributed by atoms with Gasteiger partial charge in [-0.15, -0.1) is 0 Å². The van der Waals surface area contributed by atoms with Crippen molar-refractivity contribution in [3.05, 3.63) is 112 Å². The Labute approximate surface area is 278 Å². The molecule has 3 aromatic carbocycles. The number of nitrogens with zero attached hydrogens (tertiary/aromatic N) is 5. The fourth-order valence-corrected chi connectivity index (χ4v) is 7.59. The van der Waals surface area contributed by atoms with E-state index < -0.39 is 5.41 Å². The van der Waals surface area contributed by atoms with Crippen LogP contribution in [0.3, 0.4) is 0 Å². The molecule has 6 rings (SSSR count). The lowest BCUT2D eigenvalue weighted by Crippen LogP contribution is -2.48. The second-order valence-electron chi connectivity index (χ2n) is 11.5. The third-order valence-electron chi connectivity index (χ3n) is 8.90. The molecule has 0 radical (unpaired) electrons. The van der Waals surface area contributed by atoms with E-state index in [0.29, 0.717) is 60.6 Å². The SMILES string of the molecule is CC(=O)C1(c2ccccc2)CCN(c2cc(Cl)nc(SCc3cccc(C(=O)N4CCN(c5ccccc5Cl)CC4)c3)n2)CC1. The molecule has 0 saturated carbocycles. The lowest BCUT2D eigenvalue weighted by molar-refractivity contribution is -0.123. The summed E-state index contributed by atoms with van der Waals surface area (Å²) in [6.07, 6.45) is 1.43. The summed E-state index contributed by atoms with van der Waals surface area (Å²) < 4.78 is 0. The molecular weight excluding hydrogens is 625 g/mol. The number of piperazine rings is 1. The van der Waals surface area contributed by atoms with Crippen molar-refractivity contribution in [1.29, 1.82) is 0 Å². The summed E-state index contributed by atoms with van der Waals surface area (Å²) in [5.41, 5.74) is 3.30. The number of ketones is 1. The van der Waals surface area contributed by atoms with Gasteiger partial charge in [-0.05, 0) is 55.2 Å². The molecule has 7 nitrogen and oxygen atoms in total. The minimum absolute atomic E-state index is 0.0317. The number of benzene rings is 3. The summed E-state index contributed by atoms with van der Waals surface area (Å²) in [4.78, 5) is 41.8. The standard InChI is InChI=1S/C35H35Cl2N5O2S/c1-25(43)35(28-10-3-2-4-11-28)14-16-41(17-15-35)32-23-31(37)38-34(39-32)45-24-26-8-7-9-27(22-26)33(44)42-20-18-40(19-21-42)30-13-6-5-12-29(30)36/h2-13,22-23H,14-21,24H2,1H3. The highest BCUT2D eigenvalue weighted by Crippen LogP contribution is 2.38. The van der Waals surface area contributed by atoms with Crippen LogP contribution >= 0.6 is 35.0 Å². The Morgan fingerprint density at radius 3 is 2.22 bits per heavy atom. The first-order chi connectivity index (χ1) is 21.8. The van der Waals surface area contributed by atoms with Crippen molar-refractivity contribution in [2.75, 3.05) is 49.1 Å². The highest BCUT2D eigenvalue weighted by atomic mass is 35.5. The van der Waals surface area contributed by atoms with E-state index >= 15 is 0 Å². The van der Waals surface area contributed by atoms with Crippen LogP contribution in [0.1, 0.15) is 41.3 Å². The van der Waals surface area contributed by atoms with Gasteiger partial charge in [0.25, 0.3) is 5.91 Å². The Morgan fingerprint density at radius 1 is 0.800 bits per heavy atom. The first-order valence-corrected chi connectivity index (χ1v) is 16.9. The van der Waals surface area contributed by atoms with Crippen molar-refractivity contribution in [1.82, 2.24) is 14.9 Å². The Balaban J connectivity index is 1.07. The van der Waals surface area contributed by atoms with Gasteiger partial charge in [-0.2, -0.15) is 0 Å². The fraction of sp³-hybridized carbons (Fsp3) is 0.314. The van der Waals surface area contributed by atoms with E-state index in [9.17, 15) is 9.59 Å². The molecule has 0 N–H and O–H groups in total. The molecule has 2 fully saturated rings. The predicted octanol–water partition coefficient (Wildman–Crippen LogP) is 7.17. The average molecular weight is 661 g/mol. The molecule has 3 heterocycles. The van der Waals surface area contributed by atoms with E-state index in [4.69, 9.17) is 28.2 Å². The summed E-state index contributed by atoms with van der Waals surface area (Å²) in [6, 6.07) is 27.5. The zero-order valence-corrected chi connectivity index (χ0v) is 27.5. The Bertz CT molecular complexity index is 1670. The van der Waals surface area contributed by atoms with E-state index in [0.717, 1.165) is 40.7 Å². The molecule has 45 heavy (non-hydrogen) atoms. The van der Waals surface area contributed by atoms with E-state index in [-0.39, 0.29) is 11.7 Å². The third-order valence-corrected chi connectivity index (χ3v) is 10.3. The predicted molar refractivity (Wildman–Crippen MR) is 183 cm³/mol. The van der Waals surface area contributed by atoms with E-state index in [2.05, 4.69) is 26.9 Å². The molecule has 0 aliphatic carbocycles. The molecule has 2 aliphatic rings. The first-order valence-electron chi connectivity index (χ1n) is 15.2. The summed E-state index contributed by atoms with van der Waals surface area (Å²) in [6.45, 7) is 5.83. The molecule has 2 saturated heterocycles. The fourth-order valence-electron chi connectivity index (χ4n) is 6.31. The molecule has 0 atom stereocenters. The monoisotopic (exact) mass is 659 g/mol. The van der Waals surface area contributed by atoms with Crippen LogP contribution in [0.5, 0.6) is 0 Å². The van der Waals surface area contributed by atoms with Crippen molar-refractivity contribution >= 4 is 58.2 Å². The topological polar surface area (TPSA) is 69.6 Å². The summed E-state index contributed by atoms with van der Waals surface area (Å²) in [5, 5.41) is 1.69. The van der Waals surface area contributed by atoms with E-state index in [1.165, 1.54) is 11.8 Å².